The van der Waals surface area contributed by atoms with Crippen LogP contribution < -0.4 is 5.32 Å². The Morgan fingerprint density at radius 2 is 1.13 bits per heavy atom. The lowest BCUT2D eigenvalue weighted by atomic mass is 9.99. The molecule has 8 atom stereocenters. The van der Waals surface area contributed by atoms with Gasteiger partial charge in [0.1, 0.15) is 30.5 Å². The van der Waals surface area contributed by atoms with Crippen LogP contribution in [0.4, 0.5) is 0 Å². The fraction of sp³-hybridized carbons (Fsp3) is 0.881. The van der Waals surface area contributed by atoms with Gasteiger partial charge in [0.15, 0.2) is 6.29 Å². The molecule has 10 nitrogen and oxygen atoms in total. The van der Waals surface area contributed by atoms with Crippen molar-refractivity contribution in [2.45, 2.75) is 223 Å². The highest BCUT2D eigenvalue weighted by Gasteiger charge is 2.44. The van der Waals surface area contributed by atoms with Gasteiger partial charge in [-0.05, 0) is 32.1 Å². The molecule has 1 aliphatic rings. The van der Waals surface area contributed by atoms with Crippen molar-refractivity contribution in [3.8, 4) is 0 Å². The quantitative estimate of drug-likeness (QED) is 0.0274. The summed E-state index contributed by atoms with van der Waals surface area (Å²) >= 11 is 0. The van der Waals surface area contributed by atoms with Gasteiger partial charge >= 0.3 is 0 Å². The van der Waals surface area contributed by atoms with Gasteiger partial charge in [0.2, 0.25) is 5.91 Å². The second kappa shape index (κ2) is 33.0. The highest BCUT2D eigenvalue weighted by molar-refractivity contribution is 5.80. The first-order valence-electron chi connectivity index (χ1n) is 21.2. The van der Waals surface area contributed by atoms with Crippen molar-refractivity contribution in [1.29, 1.82) is 0 Å². The Morgan fingerprint density at radius 1 is 0.654 bits per heavy atom. The normalized spacial score (nSPS) is 22.7. The van der Waals surface area contributed by atoms with Gasteiger partial charge in [-0.1, -0.05) is 167 Å². The van der Waals surface area contributed by atoms with E-state index in [9.17, 15) is 35.4 Å². The number of rotatable bonds is 34. The molecule has 0 radical (unpaired) electrons. The lowest BCUT2D eigenvalue weighted by Gasteiger charge is -2.40. The Hall–Kier alpha value is -1.37. The van der Waals surface area contributed by atoms with Crippen molar-refractivity contribution in [3.63, 3.8) is 0 Å². The van der Waals surface area contributed by atoms with Crippen LogP contribution in [0.25, 0.3) is 0 Å². The summed E-state index contributed by atoms with van der Waals surface area (Å²) in [6, 6.07) is -0.991. The number of allylic oxidation sites excluding steroid dienone is 3. The zero-order valence-corrected chi connectivity index (χ0v) is 32.9. The molecule has 52 heavy (non-hydrogen) atoms. The molecular formula is C42H79NO9. The molecule has 8 unspecified atom stereocenters. The first-order chi connectivity index (χ1) is 25.3. The van der Waals surface area contributed by atoms with Crippen molar-refractivity contribution < 1.29 is 44.9 Å². The summed E-state index contributed by atoms with van der Waals surface area (Å²) in [6.07, 6.45) is 26.9. The summed E-state index contributed by atoms with van der Waals surface area (Å²) in [5.41, 5.74) is 0. The molecule has 1 heterocycles. The summed E-state index contributed by atoms with van der Waals surface area (Å²) < 4.78 is 11.1. The maximum Gasteiger partial charge on any atom is 0.249 e. The molecule has 306 valence electrons. The van der Waals surface area contributed by atoms with Gasteiger partial charge < -0.3 is 45.4 Å². The predicted molar refractivity (Wildman–Crippen MR) is 209 cm³/mol. The van der Waals surface area contributed by atoms with Gasteiger partial charge in [-0.15, -0.1) is 0 Å². The number of amides is 1. The Morgan fingerprint density at radius 3 is 1.67 bits per heavy atom. The maximum absolute atomic E-state index is 13.0. The van der Waals surface area contributed by atoms with E-state index in [0.717, 1.165) is 32.1 Å². The molecule has 0 bridgehead atoms. The Bertz CT molecular complexity index is 886. The van der Waals surface area contributed by atoms with Gasteiger partial charge in [0.25, 0.3) is 0 Å². The van der Waals surface area contributed by atoms with E-state index in [0.29, 0.717) is 19.3 Å². The number of hydrogen-bond acceptors (Lipinski definition) is 9. The Labute approximate surface area is 316 Å². The molecule has 1 amide bonds. The third-order valence-corrected chi connectivity index (χ3v) is 10.1. The summed E-state index contributed by atoms with van der Waals surface area (Å²) in [6.45, 7) is 3.56. The van der Waals surface area contributed by atoms with E-state index in [-0.39, 0.29) is 6.61 Å². The number of nitrogens with one attached hydrogen (secondary N) is 1. The molecule has 0 aromatic carbocycles. The number of hydrogen-bond donors (Lipinski definition) is 7. The van der Waals surface area contributed by atoms with Crippen LogP contribution in [-0.2, 0) is 14.3 Å². The van der Waals surface area contributed by atoms with Crippen molar-refractivity contribution in [2.75, 3.05) is 13.2 Å². The third-order valence-electron chi connectivity index (χ3n) is 10.1. The van der Waals surface area contributed by atoms with Gasteiger partial charge in [-0.2, -0.15) is 0 Å². The van der Waals surface area contributed by atoms with Crippen LogP contribution in [-0.4, -0.2) is 98.7 Å². The highest BCUT2D eigenvalue weighted by Crippen LogP contribution is 2.22. The number of aliphatic hydroxyl groups is 6. The molecule has 1 saturated heterocycles. The predicted octanol–water partition coefficient (Wildman–Crippen LogP) is 6.91. The molecule has 1 aliphatic heterocycles. The number of ether oxygens (including phenoxy) is 2. The highest BCUT2D eigenvalue weighted by atomic mass is 16.7. The van der Waals surface area contributed by atoms with Gasteiger partial charge in [0, 0.05) is 0 Å². The van der Waals surface area contributed by atoms with Crippen LogP contribution in [0.5, 0.6) is 0 Å². The molecule has 0 aliphatic carbocycles. The smallest absolute Gasteiger partial charge is 0.249 e. The first-order valence-corrected chi connectivity index (χ1v) is 21.2. The van der Waals surface area contributed by atoms with E-state index in [1.54, 1.807) is 6.08 Å². The Balaban J connectivity index is 2.51. The summed E-state index contributed by atoms with van der Waals surface area (Å²) in [4.78, 5) is 13.0. The zero-order chi connectivity index (χ0) is 38.2. The minimum atomic E-state index is -1.61. The third kappa shape index (κ3) is 23.4. The largest absolute Gasteiger partial charge is 0.394 e. The van der Waals surface area contributed by atoms with Crippen molar-refractivity contribution in [1.82, 2.24) is 5.32 Å². The molecular weight excluding hydrogens is 662 g/mol. The van der Waals surface area contributed by atoms with E-state index < -0.39 is 61.5 Å². The second-order valence-electron chi connectivity index (χ2n) is 14.9. The molecule has 0 saturated carbocycles. The fourth-order valence-corrected chi connectivity index (χ4v) is 6.59. The second-order valence-corrected chi connectivity index (χ2v) is 14.9. The number of carbonyl (C=O) groups excluding carboxylic acids is 1. The van der Waals surface area contributed by atoms with Crippen LogP contribution in [0.3, 0.4) is 0 Å². The van der Waals surface area contributed by atoms with E-state index in [2.05, 4.69) is 31.3 Å². The van der Waals surface area contributed by atoms with Crippen LogP contribution in [0.15, 0.2) is 24.3 Å². The molecule has 7 N–H and O–H groups in total. The first kappa shape index (κ1) is 48.6. The molecule has 0 spiro atoms. The molecule has 1 fully saturated rings. The van der Waals surface area contributed by atoms with Crippen LogP contribution in [0.1, 0.15) is 174 Å². The zero-order valence-electron chi connectivity index (χ0n) is 32.9. The van der Waals surface area contributed by atoms with Gasteiger partial charge in [0.05, 0.1) is 25.4 Å². The standard InChI is InChI=1S/C42H79NO9/c1-3-5-7-9-11-13-15-17-19-20-22-24-26-28-30-35(45)34(33-51-42-40(49)39(48)38(47)37(32-44)52-42)43-41(50)36(46)31-29-27-25-23-21-18-16-14-12-10-8-6-4-2/h20,22,28,30,34-40,42,44-49H,3-19,21,23-27,29,31-33H2,1-2H3,(H,43,50). The van der Waals surface area contributed by atoms with E-state index >= 15 is 0 Å². The average molecular weight is 742 g/mol. The minimum absolute atomic E-state index is 0.307. The van der Waals surface area contributed by atoms with Crippen molar-refractivity contribution >= 4 is 5.91 Å². The SMILES string of the molecule is CCCCCCCCCCC=CCCC=CC(O)C(COC1OC(CO)C(O)C(O)C1O)NC(=O)C(O)CCCCCCCCCCCCCCC. The molecule has 10 heteroatoms. The average Bonchev–Trinajstić information content (AvgIpc) is 3.14. The van der Waals surface area contributed by atoms with E-state index in [1.165, 1.54) is 109 Å². The van der Waals surface area contributed by atoms with Crippen LogP contribution in [0, 0.1) is 0 Å². The minimum Gasteiger partial charge on any atom is -0.394 e. The van der Waals surface area contributed by atoms with Crippen molar-refractivity contribution in [3.05, 3.63) is 24.3 Å². The lowest BCUT2D eigenvalue weighted by molar-refractivity contribution is -0.302. The monoisotopic (exact) mass is 742 g/mol. The summed E-state index contributed by atoms with van der Waals surface area (Å²) in [5.74, 6) is -0.627. The topological polar surface area (TPSA) is 169 Å². The summed E-state index contributed by atoms with van der Waals surface area (Å²) in [7, 11) is 0. The number of aliphatic hydroxyl groups excluding tert-OH is 6. The fourth-order valence-electron chi connectivity index (χ4n) is 6.59. The number of carbonyl (C=O) groups is 1. The molecule has 0 aromatic rings. The lowest BCUT2D eigenvalue weighted by Crippen LogP contribution is -2.60. The van der Waals surface area contributed by atoms with Crippen molar-refractivity contribution in [2.24, 2.45) is 0 Å². The van der Waals surface area contributed by atoms with Gasteiger partial charge in [-0.3, -0.25) is 4.79 Å². The maximum atomic E-state index is 13.0. The van der Waals surface area contributed by atoms with E-state index in [4.69, 9.17) is 9.47 Å². The molecule has 1 rings (SSSR count). The van der Waals surface area contributed by atoms with E-state index in [1.807, 2.05) is 6.08 Å². The van der Waals surface area contributed by atoms with Crippen LogP contribution in [0.2, 0.25) is 0 Å². The summed E-state index contributed by atoms with van der Waals surface area (Å²) in [5, 5.41) is 64.4. The van der Waals surface area contributed by atoms with Gasteiger partial charge in [-0.25, -0.2) is 0 Å². The Kier molecular flexibility index (Phi) is 30.9. The number of unbranched alkanes of at least 4 members (excludes halogenated alkanes) is 21. The van der Waals surface area contributed by atoms with Crippen LogP contribution >= 0.6 is 0 Å². The molecule has 0 aromatic heterocycles.